The van der Waals surface area contributed by atoms with Gasteiger partial charge in [-0.05, 0) is 72.2 Å². The third-order valence-corrected chi connectivity index (χ3v) is 7.46. The highest BCUT2D eigenvalue weighted by Gasteiger charge is 2.30. The second-order valence-corrected chi connectivity index (χ2v) is 10.3. The molecule has 2 aromatic heterocycles. The summed E-state index contributed by atoms with van der Waals surface area (Å²) in [7, 11) is 0. The minimum absolute atomic E-state index is 0.0140. The van der Waals surface area contributed by atoms with Crippen LogP contribution in [0.4, 0.5) is 0 Å². The molecule has 1 aliphatic rings. The molecule has 0 spiro atoms. The van der Waals surface area contributed by atoms with Gasteiger partial charge >= 0.3 is 0 Å². The van der Waals surface area contributed by atoms with Crippen LogP contribution in [0.1, 0.15) is 85.6 Å². The van der Waals surface area contributed by atoms with Gasteiger partial charge in [0.2, 0.25) is 0 Å². The van der Waals surface area contributed by atoms with Gasteiger partial charge in [0.25, 0.3) is 5.56 Å². The van der Waals surface area contributed by atoms with Crippen LogP contribution in [0, 0.1) is 13.8 Å². The standard InChI is InChI=1S/C29H36N6O/c1-4-10-26(28-31-32-33-35(28)25-13-8-9-14-25)34(18-22-11-6-5-7-12-22)19-24-17-23-16-20(2)15-21(3)27(23)30-29(24)36/h5-7,11-12,15-17,25-26H,4,8-10,13-14,18-19H2,1-3H3,(H,30,36)/t26-/m0/s1. The number of rotatable bonds is 9. The van der Waals surface area contributed by atoms with E-state index in [1.54, 1.807) is 0 Å². The Balaban J connectivity index is 1.56. The van der Waals surface area contributed by atoms with E-state index in [1.165, 1.54) is 24.0 Å². The zero-order valence-electron chi connectivity index (χ0n) is 21.6. The van der Waals surface area contributed by atoms with E-state index in [1.807, 2.05) is 13.0 Å². The summed E-state index contributed by atoms with van der Waals surface area (Å²) in [4.78, 5) is 18.8. The Bertz CT molecular complexity index is 1370. The summed E-state index contributed by atoms with van der Waals surface area (Å²) in [5.74, 6) is 0.920. The molecule has 188 valence electrons. The normalized spacial score (nSPS) is 15.2. The van der Waals surface area contributed by atoms with Crippen molar-refractivity contribution in [2.45, 2.75) is 84.5 Å². The summed E-state index contributed by atoms with van der Waals surface area (Å²) in [6.07, 6.45) is 6.61. The molecule has 0 aliphatic heterocycles. The largest absolute Gasteiger partial charge is 0.321 e. The maximum atomic E-state index is 13.3. The number of H-pyrrole nitrogens is 1. The molecule has 7 nitrogen and oxygen atoms in total. The van der Waals surface area contributed by atoms with Gasteiger partial charge in [-0.25, -0.2) is 4.68 Å². The van der Waals surface area contributed by atoms with E-state index in [0.29, 0.717) is 19.1 Å². The molecule has 7 heteroatoms. The lowest BCUT2D eigenvalue weighted by molar-refractivity contribution is 0.153. The van der Waals surface area contributed by atoms with Crippen molar-refractivity contribution in [3.63, 3.8) is 0 Å². The predicted molar refractivity (Wildman–Crippen MR) is 143 cm³/mol. The summed E-state index contributed by atoms with van der Waals surface area (Å²) >= 11 is 0. The molecule has 0 amide bonds. The number of hydrogen-bond acceptors (Lipinski definition) is 5. The van der Waals surface area contributed by atoms with Crippen LogP contribution in [0.2, 0.25) is 0 Å². The molecule has 1 fully saturated rings. The van der Waals surface area contributed by atoms with Crippen LogP contribution in [0.15, 0.2) is 53.3 Å². The summed E-state index contributed by atoms with van der Waals surface area (Å²) in [5, 5.41) is 14.2. The molecule has 0 bridgehead atoms. The zero-order chi connectivity index (χ0) is 25.1. The van der Waals surface area contributed by atoms with Crippen molar-refractivity contribution in [3.05, 3.63) is 87.0 Å². The second-order valence-electron chi connectivity index (χ2n) is 10.3. The minimum Gasteiger partial charge on any atom is -0.321 e. The van der Waals surface area contributed by atoms with Crippen molar-refractivity contribution in [2.24, 2.45) is 0 Å². The fourth-order valence-electron chi connectivity index (χ4n) is 5.74. The molecule has 2 aromatic carbocycles. The van der Waals surface area contributed by atoms with Gasteiger partial charge in [0.05, 0.1) is 17.6 Å². The predicted octanol–water partition coefficient (Wildman–Crippen LogP) is 5.79. The summed E-state index contributed by atoms with van der Waals surface area (Å²) in [6.45, 7) is 7.58. The van der Waals surface area contributed by atoms with Gasteiger partial charge in [-0.1, -0.05) is 68.1 Å². The lowest BCUT2D eigenvalue weighted by atomic mass is 10.0. The van der Waals surface area contributed by atoms with E-state index in [2.05, 4.69) is 86.4 Å². The van der Waals surface area contributed by atoms with Gasteiger partial charge in [-0.15, -0.1) is 5.10 Å². The van der Waals surface area contributed by atoms with Crippen LogP contribution < -0.4 is 5.56 Å². The molecule has 2 heterocycles. The molecule has 1 saturated carbocycles. The number of tetrazole rings is 1. The van der Waals surface area contributed by atoms with Crippen molar-refractivity contribution in [1.82, 2.24) is 30.1 Å². The molecule has 36 heavy (non-hydrogen) atoms. The number of aromatic nitrogens is 5. The SMILES string of the molecule is CCC[C@@H](c1nnnn1C1CCCC1)N(Cc1ccccc1)Cc1cc2cc(C)cc(C)c2[nH]c1=O. The average Bonchev–Trinajstić information content (AvgIpc) is 3.56. The Kier molecular flexibility index (Phi) is 7.28. The fraction of sp³-hybridized carbons (Fsp3) is 0.448. The van der Waals surface area contributed by atoms with Gasteiger partial charge in [0.15, 0.2) is 5.82 Å². The number of hydrogen-bond donors (Lipinski definition) is 1. The number of pyridine rings is 1. The topological polar surface area (TPSA) is 79.7 Å². The highest BCUT2D eigenvalue weighted by atomic mass is 16.1. The Morgan fingerprint density at radius 1 is 1.08 bits per heavy atom. The first-order valence-corrected chi connectivity index (χ1v) is 13.2. The van der Waals surface area contributed by atoms with Crippen molar-refractivity contribution < 1.29 is 0 Å². The van der Waals surface area contributed by atoms with Gasteiger partial charge in [0.1, 0.15) is 0 Å². The van der Waals surface area contributed by atoms with E-state index in [9.17, 15) is 4.79 Å². The first kappa shape index (κ1) is 24.4. The van der Waals surface area contributed by atoms with Gasteiger partial charge in [-0.3, -0.25) is 9.69 Å². The lowest BCUT2D eigenvalue weighted by Gasteiger charge is -2.31. The quantitative estimate of drug-likeness (QED) is 0.325. The van der Waals surface area contributed by atoms with E-state index < -0.39 is 0 Å². The molecule has 1 aliphatic carbocycles. The second kappa shape index (κ2) is 10.7. The van der Waals surface area contributed by atoms with Crippen LogP contribution in [0.25, 0.3) is 10.9 Å². The monoisotopic (exact) mass is 484 g/mol. The van der Waals surface area contributed by atoms with Crippen LogP contribution in [0.5, 0.6) is 0 Å². The van der Waals surface area contributed by atoms with Crippen LogP contribution in [-0.2, 0) is 13.1 Å². The third kappa shape index (κ3) is 5.12. The van der Waals surface area contributed by atoms with Crippen molar-refractivity contribution in [1.29, 1.82) is 0 Å². The maximum Gasteiger partial charge on any atom is 0.252 e. The maximum absolute atomic E-state index is 13.3. The molecule has 0 saturated heterocycles. The minimum atomic E-state index is -0.0295. The Hall–Kier alpha value is -3.32. The molecule has 1 N–H and O–H groups in total. The number of nitrogens with one attached hydrogen (secondary N) is 1. The van der Waals surface area contributed by atoms with Gasteiger partial charge in [-0.2, -0.15) is 0 Å². The Labute approximate surface area is 212 Å². The van der Waals surface area contributed by atoms with Crippen LogP contribution >= 0.6 is 0 Å². The molecular weight excluding hydrogens is 448 g/mol. The molecule has 1 atom stereocenters. The smallest absolute Gasteiger partial charge is 0.252 e. The molecule has 4 aromatic rings. The molecule has 0 unspecified atom stereocenters. The summed E-state index contributed by atoms with van der Waals surface area (Å²) in [5.41, 5.74) is 5.15. The highest BCUT2D eigenvalue weighted by molar-refractivity contribution is 5.82. The van der Waals surface area contributed by atoms with E-state index >= 15 is 0 Å². The number of fused-ring (bicyclic) bond motifs is 1. The van der Waals surface area contributed by atoms with Crippen LogP contribution in [0.3, 0.4) is 0 Å². The van der Waals surface area contributed by atoms with Crippen molar-refractivity contribution in [2.75, 3.05) is 0 Å². The fourth-order valence-corrected chi connectivity index (χ4v) is 5.74. The highest BCUT2D eigenvalue weighted by Crippen LogP contribution is 2.34. The molecular formula is C29H36N6O. The number of benzene rings is 2. The number of aromatic amines is 1. The first-order valence-electron chi connectivity index (χ1n) is 13.2. The molecule has 0 radical (unpaired) electrons. The Morgan fingerprint density at radius 3 is 2.61 bits per heavy atom. The van der Waals surface area contributed by atoms with Gasteiger partial charge < -0.3 is 4.98 Å². The first-order chi connectivity index (χ1) is 17.5. The summed E-state index contributed by atoms with van der Waals surface area (Å²) < 4.78 is 2.07. The third-order valence-electron chi connectivity index (χ3n) is 7.46. The molecule has 5 rings (SSSR count). The number of nitrogens with zero attached hydrogens (tertiary/aromatic N) is 5. The van der Waals surface area contributed by atoms with Crippen LogP contribution in [-0.4, -0.2) is 30.1 Å². The lowest BCUT2D eigenvalue weighted by Crippen LogP contribution is -2.33. The summed E-state index contributed by atoms with van der Waals surface area (Å²) in [6, 6.07) is 17.2. The van der Waals surface area contributed by atoms with E-state index in [0.717, 1.165) is 53.5 Å². The number of aryl methyl sites for hydroxylation is 2. The van der Waals surface area contributed by atoms with E-state index in [-0.39, 0.29) is 11.6 Å². The Morgan fingerprint density at radius 2 is 1.86 bits per heavy atom. The van der Waals surface area contributed by atoms with Crippen molar-refractivity contribution in [3.8, 4) is 0 Å². The average molecular weight is 485 g/mol. The zero-order valence-corrected chi connectivity index (χ0v) is 21.6. The van der Waals surface area contributed by atoms with Gasteiger partial charge in [0, 0.05) is 18.7 Å². The van der Waals surface area contributed by atoms with Crippen molar-refractivity contribution >= 4 is 10.9 Å². The van der Waals surface area contributed by atoms with E-state index in [4.69, 9.17) is 0 Å².